The normalized spacial score (nSPS) is 14.4. The van der Waals surface area contributed by atoms with Crippen LogP contribution in [-0.2, 0) is 11.3 Å². The number of hydrogen-bond acceptors (Lipinski definition) is 6. The number of methoxy groups -OCH3 is 1. The maximum Gasteiger partial charge on any atom is 0.337 e. The van der Waals surface area contributed by atoms with E-state index < -0.39 is 0 Å². The van der Waals surface area contributed by atoms with E-state index in [2.05, 4.69) is 10.1 Å². The second-order valence-corrected chi connectivity index (χ2v) is 8.11. The average Bonchev–Trinajstić information content (AvgIpc) is 3.20. The first-order chi connectivity index (χ1) is 15.5. The lowest BCUT2D eigenvalue weighted by Gasteiger charge is -2.34. The molecule has 1 aromatic heterocycles. The molecular weight excluding hydrogens is 430 g/mol. The van der Waals surface area contributed by atoms with Crippen molar-refractivity contribution in [1.29, 1.82) is 0 Å². The van der Waals surface area contributed by atoms with Crippen LogP contribution in [0.15, 0.2) is 53.1 Å². The van der Waals surface area contributed by atoms with Crippen LogP contribution in [0.4, 0.5) is 0 Å². The van der Waals surface area contributed by atoms with Gasteiger partial charge in [-0.3, -0.25) is 9.69 Å². The van der Waals surface area contributed by atoms with Crippen molar-refractivity contribution in [3.63, 3.8) is 0 Å². The summed E-state index contributed by atoms with van der Waals surface area (Å²) >= 11 is 6.32. The van der Waals surface area contributed by atoms with Gasteiger partial charge in [0, 0.05) is 38.3 Å². The predicted molar refractivity (Wildman–Crippen MR) is 121 cm³/mol. The average molecular weight is 454 g/mol. The smallest absolute Gasteiger partial charge is 0.337 e. The van der Waals surface area contributed by atoms with E-state index >= 15 is 0 Å². The number of esters is 1. The van der Waals surface area contributed by atoms with E-state index in [9.17, 15) is 9.59 Å². The third kappa shape index (κ3) is 4.54. The quantitative estimate of drug-likeness (QED) is 0.542. The van der Waals surface area contributed by atoms with Gasteiger partial charge in [0.05, 0.1) is 17.7 Å². The first-order valence-corrected chi connectivity index (χ1v) is 10.8. The summed E-state index contributed by atoms with van der Waals surface area (Å²) in [5.74, 6) is 0.0441. The molecule has 2 aromatic carbocycles. The van der Waals surface area contributed by atoms with Gasteiger partial charge < -0.3 is 14.2 Å². The van der Waals surface area contributed by atoms with Crippen LogP contribution in [0.2, 0.25) is 5.02 Å². The molecule has 1 aliphatic rings. The highest BCUT2D eigenvalue weighted by Gasteiger charge is 2.29. The van der Waals surface area contributed by atoms with Crippen LogP contribution in [0, 0.1) is 6.92 Å². The molecule has 0 radical (unpaired) electrons. The van der Waals surface area contributed by atoms with Crippen LogP contribution in [0.1, 0.15) is 32.0 Å². The SMILES string of the molecule is COC(=O)c1ccc(CN2CCN(C(=O)c3c(-c4ccccc4Cl)noc3C)CC2)cc1. The minimum atomic E-state index is -0.344. The third-order valence-electron chi connectivity index (χ3n) is 5.65. The number of rotatable bonds is 5. The molecule has 7 nitrogen and oxygen atoms in total. The number of ether oxygens (including phenoxy) is 1. The van der Waals surface area contributed by atoms with Gasteiger partial charge in [0.1, 0.15) is 17.0 Å². The molecule has 0 N–H and O–H groups in total. The number of amides is 1. The number of nitrogens with zero attached hydrogens (tertiary/aromatic N) is 3. The monoisotopic (exact) mass is 453 g/mol. The second kappa shape index (κ2) is 9.54. The number of benzene rings is 2. The van der Waals surface area contributed by atoms with Crippen molar-refractivity contribution in [2.45, 2.75) is 13.5 Å². The number of halogens is 1. The van der Waals surface area contributed by atoms with E-state index in [1.807, 2.05) is 35.2 Å². The standard InChI is InChI=1S/C24H24ClN3O4/c1-16-21(22(26-32-16)19-5-3-4-6-20(19)25)23(29)28-13-11-27(12-14-28)15-17-7-9-18(10-8-17)24(30)31-2/h3-10H,11-15H2,1-2H3. The van der Waals surface area contributed by atoms with E-state index in [-0.39, 0.29) is 11.9 Å². The topological polar surface area (TPSA) is 75.9 Å². The zero-order valence-corrected chi connectivity index (χ0v) is 18.8. The number of carbonyl (C=O) groups is 2. The molecule has 1 saturated heterocycles. The molecule has 1 fully saturated rings. The van der Waals surface area contributed by atoms with Crippen molar-refractivity contribution in [3.8, 4) is 11.3 Å². The molecule has 1 aliphatic heterocycles. The summed E-state index contributed by atoms with van der Waals surface area (Å²) in [5, 5.41) is 4.63. The van der Waals surface area contributed by atoms with Gasteiger partial charge in [0.25, 0.3) is 5.91 Å². The molecule has 0 bridgehead atoms. The lowest BCUT2D eigenvalue weighted by molar-refractivity contribution is 0.0599. The summed E-state index contributed by atoms with van der Waals surface area (Å²) in [5.41, 5.74) is 3.26. The summed E-state index contributed by atoms with van der Waals surface area (Å²) < 4.78 is 10.1. The molecule has 0 saturated carbocycles. The lowest BCUT2D eigenvalue weighted by Crippen LogP contribution is -2.48. The largest absolute Gasteiger partial charge is 0.465 e. The van der Waals surface area contributed by atoms with E-state index in [1.54, 1.807) is 25.1 Å². The van der Waals surface area contributed by atoms with Crippen LogP contribution in [-0.4, -0.2) is 60.1 Å². The van der Waals surface area contributed by atoms with E-state index in [1.165, 1.54) is 7.11 Å². The molecule has 3 aromatic rings. The number of piperazine rings is 1. The van der Waals surface area contributed by atoms with E-state index in [0.29, 0.717) is 46.3 Å². The zero-order chi connectivity index (χ0) is 22.7. The fourth-order valence-corrected chi connectivity index (χ4v) is 4.08. The molecule has 0 spiro atoms. The van der Waals surface area contributed by atoms with Crippen molar-refractivity contribution in [3.05, 3.63) is 76.0 Å². The number of hydrogen-bond donors (Lipinski definition) is 0. The van der Waals surface area contributed by atoms with E-state index in [0.717, 1.165) is 25.2 Å². The van der Waals surface area contributed by atoms with Crippen LogP contribution < -0.4 is 0 Å². The Morgan fingerprint density at radius 3 is 2.41 bits per heavy atom. The van der Waals surface area contributed by atoms with Crippen LogP contribution >= 0.6 is 11.6 Å². The Bertz CT molecular complexity index is 1120. The van der Waals surface area contributed by atoms with Crippen molar-refractivity contribution >= 4 is 23.5 Å². The fourth-order valence-electron chi connectivity index (χ4n) is 3.85. The van der Waals surface area contributed by atoms with Crippen LogP contribution in [0.25, 0.3) is 11.3 Å². The minimum Gasteiger partial charge on any atom is -0.465 e. The van der Waals surface area contributed by atoms with Gasteiger partial charge in [-0.25, -0.2) is 4.79 Å². The van der Waals surface area contributed by atoms with Gasteiger partial charge in [-0.05, 0) is 30.7 Å². The molecule has 0 aliphatic carbocycles. The summed E-state index contributed by atoms with van der Waals surface area (Å²) in [4.78, 5) is 29.0. The fraction of sp³-hybridized carbons (Fsp3) is 0.292. The Hall–Kier alpha value is -3.16. The van der Waals surface area contributed by atoms with Crippen molar-refractivity contribution in [2.75, 3.05) is 33.3 Å². The molecular formula is C24H24ClN3O4. The first kappa shape index (κ1) is 22.0. The highest BCUT2D eigenvalue weighted by atomic mass is 35.5. The molecule has 166 valence electrons. The first-order valence-electron chi connectivity index (χ1n) is 10.4. The van der Waals surface area contributed by atoms with Gasteiger partial charge in [-0.2, -0.15) is 0 Å². The highest BCUT2D eigenvalue weighted by Crippen LogP contribution is 2.32. The van der Waals surface area contributed by atoms with Crippen molar-refractivity contribution in [2.24, 2.45) is 0 Å². The number of aryl methyl sites for hydroxylation is 1. The predicted octanol–water partition coefficient (Wildman–Crippen LogP) is 4.05. The Morgan fingerprint density at radius 1 is 1.06 bits per heavy atom. The number of aromatic nitrogens is 1. The summed E-state index contributed by atoms with van der Waals surface area (Å²) in [6.45, 7) is 5.19. The lowest BCUT2D eigenvalue weighted by atomic mass is 10.0. The Balaban J connectivity index is 1.41. The van der Waals surface area contributed by atoms with Crippen molar-refractivity contribution < 1.29 is 18.8 Å². The van der Waals surface area contributed by atoms with Gasteiger partial charge in [-0.1, -0.05) is 47.1 Å². The molecule has 8 heteroatoms. The van der Waals surface area contributed by atoms with Gasteiger partial charge in [0.2, 0.25) is 0 Å². The zero-order valence-electron chi connectivity index (χ0n) is 18.0. The second-order valence-electron chi connectivity index (χ2n) is 7.70. The molecule has 2 heterocycles. The summed E-state index contributed by atoms with van der Waals surface area (Å²) in [7, 11) is 1.37. The Kier molecular flexibility index (Phi) is 6.58. The van der Waals surface area contributed by atoms with Crippen LogP contribution in [0.3, 0.4) is 0 Å². The van der Waals surface area contributed by atoms with Gasteiger partial charge in [0.15, 0.2) is 0 Å². The maximum absolute atomic E-state index is 13.3. The third-order valence-corrected chi connectivity index (χ3v) is 5.98. The molecule has 0 unspecified atom stereocenters. The van der Waals surface area contributed by atoms with Crippen LogP contribution in [0.5, 0.6) is 0 Å². The molecule has 1 amide bonds. The Labute approximate surface area is 191 Å². The van der Waals surface area contributed by atoms with Gasteiger partial charge >= 0.3 is 5.97 Å². The number of carbonyl (C=O) groups excluding carboxylic acids is 2. The van der Waals surface area contributed by atoms with Crippen molar-refractivity contribution in [1.82, 2.24) is 15.0 Å². The highest BCUT2D eigenvalue weighted by molar-refractivity contribution is 6.33. The molecule has 32 heavy (non-hydrogen) atoms. The summed E-state index contributed by atoms with van der Waals surface area (Å²) in [6, 6.07) is 14.7. The molecule has 4 rings (SSSR count). The Morgan fingerprint density at radius 2 is 1.75 bits per heavy atom. The van der Waals surface area contributed by atoms with E-state index in [4.69, 9.17) is 20.9 Å². The maximum atomic E-state index is 13.3. The van der Waals surface area contributed by atoms with Gasteiger partial charge in [-0.15, -0.1) is 0 Å². The minimum absolute atomic E-state index is 0.0965. The molecule has 0 atom stereocenters. The summed E-state index contributed by atoms with van der Waals surface area (Å²) in [6.07, 6.45) is 0.